The summed E-state index contributed by atoms with van der Waals surface area (Å²) in [5, 5.41) is 2.10. The second-order valence-corrected chi connectivity index (χ2v) is 6.08. The lowest BCUT2D eigenvalue weighted by atomic mass is 9.97. The van der Waals surface area contributed by atoms with Crippen LogP contribution in [0.4, 0.5) is 0 Å². The van der Waals surface area contributed by atoms with Gasteiger partial charge in [-0.25, -0.2) is 0 Å². The quantitative estimate of drug-likeness (QED) is 0.648. The fraction of sp³-hybridized carbons (Fsp3) is 0.636. The SMILES string of the molecule is NNC(Cc1sccc1Br)CC1CCOC1. The van der Waals surface area contributed by atoms with E-state index < -0.39 is 0 Å². The zero-order valence-electron chi connectivity index (χ0n) is 9.12. The number of nitrogens with two attached hydrogens (primary N) is 1. The Bertz CT molecular complexity index is 326. The van der Waals surface area contributed by atoms with E-state index in [1.54, 1.807) is 11.3 Å². The fourth-order valence-corrected chi connectivity index (χ4v) is 3.67. The van der Waals surface area contributed by atoms with E-state index in [-0.39, 0.29) is 0 Å². The molecule has 16 heavy (non-hydrogen) atoms. The first-order chi connectivity index (χ1) is 7.79. The van der Waals surface area contributed by atoms with Gasteiger partial charge in [0.2, 0.25) is 0 Å². The van der Waals surface area contributed by atoms with Crippen LogP contribution >= 0.6 is 27.3 Å². The van der Waals surface area contributed by atoms with E-state index in [0.717, 1.165) is 26.1 Å². The van der Waals surface area contributed by atoms with Gasteiger partial charge in [-0.15, -0.1) is 11.3 Å². The first-order valence-electron chi connectivity index (χ1n) is 5.55. The third-order valence-electron chi connectivity index (χ3n) is 3.00. The Balaban J connectivity index is 1.87. The van der Waals surface area contributed by atoms with Crippen molar-refractivity contribution in [3.63, 3.8) is 0 Å². The number of hydrogen-bond donors (Lipinski definition) is 2. The molecule has 0 saturated carbocycles. The number of nitrogens with one attached hydrogen (secondary N) is 1. The van der Waals surface area contributed by atoms with Gasteiger partial charge in [-0.05, 0) is 52.6 Å². The Kier molecular flexibility index (Phi) is 4.79. The minimum Gasteiger partial charge on any atom is -0.381 e. The zero-order chi connectivity index (χ0) is 11.4. The fourth-order valence-electron chi connectivity index (χ4n) is 2.08. The average molecular weight is 305 g/mol. The Morgan fingerprint density at radius 3 is 3.12 bits per heavy atom. The highest BCUT2D eigenvalue weighted by atomic mass is 79.9. The highest BCUT2D eigenvalue weighted by Gasteiger charge is 2.21. The van der Waals surface area contributed by atoms with Crippen LogP contribution in [-0.2, 0) is 11.2 Å². The van der Waals surface area contributed by atoms with Crippen LogP contribution in [0.25, 0.3) is 0 Å². The van der Waals surface area contributed by atoms with Gasteiger partial charge >= 0.3 is 0 Å². The molecular weight excluding hydrogens is 288 g/mol. The van der Waals surface area contributed by atoms with Crippen LogP contribution < -0.4 is 11.3 Å². The summed E-state index contributed by atoms with van der Waals surface area (Å²) in [6.45, 7) is 1.80. The van der Waals surface area contributed by atoms with E-state index in [1.807, 2.05) is 0 Å². The van der Waals surface area contributed by atoms with Crippen molar-refractivity contribution in [3.8, 4) is 0 Å². The highest BCUT2D eigenvalue weighted by molar-refractivity contribution is 9.10. The van der Waals surface area contributed by atoms with Crippen LogP contribution in [0.2, 0.25) is 0 Å². The maximum Gasteiger partial charge on any atom is 0.0495 e. The molecule has 1 saturated heterocycles. The Morgan fingerprint density at radius 2 is 2.56 bits per heavy atom. The van der Waals surface area contributed by atoms with Crippen molar-refractivity contribution < 1.29 is 4.74 Å². The van der Waals surface area contributed by atoms with E-state index >= 15 is 0 Å². The van der Waals surface area contributed by atoms with Gasteiger partial charge in [0.1, 0.15) is 0 Å². The molecule has 5 heteroatoms. The monoisotopic (exact) mass is 304 g/mol. The van der Waals surface area contributed by atoms with Crippen LogP contribution in [0.5, 0.6) is 0 Å². The Hall–Kier alpha value is 0.0600. The van der Waals surface area contributed by atoms with E-state index in [9.17, 15) is 0 Å². The number of ether oxygens (including phenoxy) is 1. The molecule has 3 nitrogen and oxygen atoms in total. The van der Waals surface area contributed by atoms with E-state index in [0.29, 0.717) is 12.0 Å². The molecule has 1 aliphatic rings. The largest absolute Gasteiger partial charge is 0.381 e. The van der Waals surface area contributed by atoms with Gasteiger partial charge in [0.25, 0.3) is 0 Å². The lowest BCUT2D eigenvalue weighted by Crippen LogP contribution is -2.38. The molecule has 2 rings (SSSR count). The lowest BCUT2D eigenvalue weighted by Gasteiger charge is -2.18. The van der Waals surface area contributed by atoms with Crippen LogP contribution in [0.15, 0.2) is 15.9 Å². The summed E-state index contributed by atoms with van der Waals surface area (Å²) in [4.78, 5) is 1.36. The van der Waals surface area contributed by atoms with Crippen LogP contribution in [0.3, 0.4) is 0 Å². The molecule has 1 aliphatic heterocycles. The van der Waals surface area contributed by atoms with Gasteiger partial charge < -0.3 is 4.74 Å². The maximum atomic E-state index is 5.62. The van der Waals surface area contributed by atoms with Crippen molar-refractivity contribution in [3.05, 3.63) is 20.8 Å². The Morgan fingerprint density at radius 1 is 1.69 bits per heavy atom. The van der Waals surface area contributed by atoms with Crippen molar-refractivity contribution in [2.75, 3.05) is 13.2 Å². The number of halogens is 1. The maximum absolute atomic E-state index is 5.62. The average Bonchev–Trinajstić information content (AvgIpc) is 2.90. The van der Waals surface area contributed by atoms with Gasteiger partial charge in [0.15, 0.2) is 0 Å². The highest BCUT2D eigenvalue weighted by Crippen LogP contribution is 2.26. The first kappa shape index (κ1) is 12.5. The molecular formula is C11H17BrN2OS. The smallest absolute Gasteiger partial charge is 0.0495 e. The minimum atomic E-state index is 0.349. The third kappa shape index (κ3) is 3.28. The summed E-state index contributed by atoms with van der Waals surface area (Å²) in [5.74, 6) is 6.28. The molecule has 2 heterocycles. The molecule has 0 amide bonds. The second-order valence-electron chi connectivity index (χ2n) is 4.22. The number of hydrazine groups is 1. The summed E-state index contributed by atoms with van der Waals surface area (Å²) in [6, 6.07) is 2.44. The first-order valence-corrected chi connectivity index (χ1v) is 7.22. The molecule has 1 aromatic rings. The zero-order valence-corrected chi connectivity index (χ0v) is 11.5. The lowest BCUT2D eigenvalue weighted by molar-refractivity contribution is 0.181. The molecule has 2 atom stereocenters. The molecule has 2 unspecified atom stereocenters. The van der Waals surface area contributed by atoms with Crippen molar-refractivity contribution >= 4 is 27.3 Å². The molecule has 1 fully saturated rings. The molecule has 0 spiro atoms. The van der Waals surface area contributed by atoms with Crippen LogP contribution in [0.1, 0.15) is 17.7 Å². The third-order valence-corrected chi connectivity index (χ3v) is 4.95. The van der Waals surface area contributed by atoms with Crippen molar-refractivity contribution in [1.29, 1.82) is 0 Å². The van der Waals surface area contributed by atoms with Gasteiger partial charge in [0, 0.05) is 28.6 Å². The normalized spacial score (nSPS) is 22.5. The van der Waals surface area contributed by atoms with Crippen LogP contribution in [-0.4, -0.2) is 19.3 Å². The summed E-state index contributed by atoms with van der Waals surface area (Å²) < 4.78 is 6.58. The van der Waals surface area contributed by atoms with Crippen molar-refractivity contribution in [2.24, 2.45) is 11.8 Å². The minimum absolute atomic E-state index is 0.349. The van der Waals surface area contributed by atoms with Crippen molar-refractivity contribution in [2.45, 2.75) is 25.3 Å². The Labute approximate surface area is 108 Å². The molecule has 0 aromatic carbocycles. The predicted octanol–water partition coefficient (Wildman–Crippen LogP) is 2.31. The molecule has 90 valence electrons. The van der Waals surface area contributed by atoms with Crippen molar-refractivity contribution in [1.82, 2.24) is 5.43 Å². The van der Waals surface area contributed by atoms with E-state index in [2.05, 4.69) is 32.8 Å². The summed E-state index contributed by atoms with van der Waals surface area (Å²) >= 11 is 5.33. The molecule has 1 aromatic heterocycles. The molecule has 0 bridgehead atoms. The number of rotatable bonds is 5. The summed E-state index contributed by atoms with van der Waals surface area (Å²) in [5.41, 5.74) is 2.92. The van der Waals surface area contributed by atoms with E-state index in [1.165, 1.54) is 15.8 Å². The molecule has 0 aliphatic carbocycles. The summed E-state index contributed by atoms with van der Waals surface area (Å²) in [6.07, 6.45) is 3.26. The van der Waals surface area contributed by atoms with E-state index in [4.69, 9.17) is 10.6 Å². The molecule has 3 N–H and O–H groups in total. The standard InChI is InChI=1S/C11H17BrN2OS/c12-10-2-4-16-11(10)6-9(14-13)5-8-1-3-15-7-8/h2,4,8-9,14H,1,3,5-7,13H2. The van der Waals surface area contributed by atoms with Gasteiger partial charge in [-0.3, -0.25) is 11.3 Å². The predicted molar refractivity (Wildman–Crippen MR) is 70.4 cm³/mol. The van der Waals surface area contributed by atoms with Gasteiger partial charge in [-0.2, -0.15) is 0 Å². The number of hydrogen-bond acceptors (Lipinski definition) is 4. The van der Waals surface area contributed by atoms with Gasteiger partial charge in [0.05, 0.1) is 0 Å². The topological polar surface area (TPSA) is 47.3 Å². The van der Waals surface area contributed by atoms with Crippen LogP contribution in [0, 0.1) is 5.92 Å². The number of thiophene rings is 1. The molecule has 0 radical (unpaired) electrons. The summed E-state index contributed by atoms with van der Waals surface area (Å²) in [7, 11) is 0. The van der Waals surface area contributed by atoms with Gasteiger partial charge in [-0.1, -0.05) is 0 Å². The second kappa shape index (κ2) is 6.12.